The summed E-state index contributed by atoms with van der Waals surface area (Å²) in [5, 5.41) is 3.69. The van der Waals surface area contributed by atoms with Crippen LogP contribution < -0.4 is 10.1 Å². The molecule has 2 aromatic carbocycles. The van der Waals surface area contributed by atoms with E-state index in [-0.39, 0.29) is 22.2 Å². The van der Waals surface area contributed by atoms with Crippen molar-refractivity contribution < 1.29 is 17.9 Å². The predicted molar refractivity (Wildman–Crippen MR) is 121 cm³/mol. The number of pyridine rings is 1. The SMILES string of the molecule is CCCOc1cccc(S(=O)(=O)c2ccc(CNC(=O)c3cc4cnccc4[nH]3)cc2)c1. The highest BCUT2D eigenvalue weighted by Gasteiger charge is 2.18. The number of nitrogens with zero attached hydrogens (tertiary/aromatic N) is 1. The molecule has 8 heteroatoms. The summed E-state index contributed by atoms with van der Waals surface area (Å²) in [4.78, 5) is 19.9. The Morgan fingerprint density at radius 1 is 1.06 bits per heavy atom. The third-order valence-electron chi connectivity index (χ3n) is 4.94. The van der Waals surface area contributed by atoms with E-state index in [1.807, 2.05) is 6.92 Å². The number of hydrogen-bond donors (Lipinski definition) is 2. The molecule has 7 nitrogen and oxygen atoms in total. The average Bonchev–Trinajstić information content (AvgIpc) is 3.26. The van der Waals surface area contributed by atoms with Crippen molar-refractivity contribution in [1.29, 1.82) is 0 Å². The standard InChI is InChI=1S/C24H23N3O4S/c1-2-12-31-19-4-3-5-21(14-19)32(29,30)20-8-6-17(7-9-20)15-26-24(28)23-13-18-16-25-11-10-22(18)27-23/h3-11,13-14,16,27H,2,12,15H2,1H3,(H,26,28). The number of carbonyl (C=O) groups is 1. The molecule has 0 aliphatic rings. The fourth-order valence-corrected chi connectivity index (χ4v) is 4.54. The van der Waals surface area contributed by atoms with Crippen molar-refractivity contribution in [2.45, 2.75) is 29.7 Å². The van der Waals surface area contributed by atoms with Crippen LogP contribution in [0.2, 0.25) is 0 Å². The van der Waals surface area contributed by atoms with Crippen LogP contribution in [0.25, 0.3) is 10.9 Å². The normalized spacial score (nSPS) is 11.4. The molecule has 0 saturated heterocycles. The number of aromatic amines is 1. The average molecular weight is 450 g/mol. The molecule has 164 valence electrons. The number of fused-ring (bicyclic) bond motifs is 1. The van der Waals surface area contributed by atoms with E-state index in [2.05, 4.69) is 15.3 Å². The molecule has 0 aliphatic carbocycles. The minimum absolute atomic E-state index is 0.181. The summed E-state index contributed by atoms with van der Waals surface area (Å²) in [7, 11) is -3.67. The molecule has 0 atom stereocenters. The first-order chi connectivity index (χ1) is 15.5. The van der Waals surface area contributed by atoms with Crippen LogP contribution in [0.1, 0.15) is 29.4 Å². The van der Waals surface area contributed by atoms with Gasteiger partial charge in [0, 0.05) is 29.8 Å². The Hall–Kier alpha value is -3.65. The molecular weight excluding hydrogens is 426 g/mol. The molecule has 0 aliphatic heterocycles. The van der Waals surface area contributed by atoms with Crippen molar-refractivity contribution in [3.8, 4) is 5.75 Å². The zero-order chi connectivity index (χ0) is 22.6. The molecule has 0 saturated carbocycles. The summed E-state index contributed by atoms with van der Waals surface area (Å²) in [6.07, 6.45) is 4.18. The van der Waals surface area contributed by atoms with Crippen LogP contribution in [0.5, 0.6) is 5.75 Å². The lowest BCUT2D eigenvalue weighted by Crippen LogP contribution is -2.23. The third-order valence-corrected chi connectivity index (χ3v) is 6.71. The molecule has 2 N–H and O–H groups in total. The predicted octanol–water partition coefficient (Wildman–Crippen LogP) is 4.11. The minimum Gasteiger partial charge on any atom is -0.494 e. The van der Waals surface area contributed by atoms with Crippen LogP contribution in [0.15, 0.2) is 82.8 Å². The van der Waals surface area contributed by atoms with Gasteiger partial charge >= 0.3 is 0 Å². The van der Waals surface area contributed by atoms with Crippen LogP contribution in [0.3, 0.4) is 0 Å². The summed E-state index contributed by atoms with van der Waals surface area (Å²) >= 11 is 0. The lowest BCUT2D eigenvalue weighted by atomic mass is 10.2. The fourth-order valence-electron chi connectivity index (χ4n) is 3.25. The van der Waals surface area contributed by atoms with Gasteiger partial charge in [0.2, 0.25) is 9.84 Å². The maximum atomic E-state index is 13.0. The number of benzene rings is 2. The highest BCUT2D eigenvalue weighted by molar-refractivity contribution is 7.91. The van der Waals surface area contributed by atoms with Crippen molar-refractivity contribution in [3.63, 3.8) is 0 Å². The molecule has 0 bridgehead atoms. The maximum Gasteiger partial charge on any atom is 0.267 e. The van der Waals surface area contributed by atoms with Crippen LogP contribution in [0.4, 0.5) is 0 Å². The topological polar surface area (TPSA) is 101 Å². The lowest BCUT2D eigenvalue weighted by Gasteiger charge is -2.09. The number of sulfone groups is 1. The molecule has 0 fully saturated rings. The Balaban J connectivity index is 1.44. The summed E-state index contributed by atoms with van der Waals surface area (Å²) in [6, 6.07) is 16.5. The maximum absolute atomic E-state index is 13.0. The lowest BCUT2D eigenvalue weighted by molar-refractivity contribution is 0.0946. The Morgan fingerprint density at radius 3 is 2.62 bits per heavy atom. The highest BCUT2D eigenvalue weighted by atomic mass is 32.2. The smallest absolute Gasteiger partial charge is 0.267 e. The van der Waals surface area contributed by atoms with Crippen LogP contribution in [-0.4, -0.2) is 30.9 Å². The zero-order valence-electron chi connectivity index (χ0n) is 17.5. The molecule has 1 amide bonds. The Kier molecular flexibility index (Phi) is 6.23. The second-order valence-corrected chi connectivity index (χ2v) is 9.25. The number of H-pyrrole nitrogens is 1. The molecular formula is C24H23N3O4S. The monoisotopic (exact) mass is 449 g/mol. The largest absolute Gasteiger partial charge is 0.494 e. The first kappa shape index (κ1) is 21.6. The van der Waals surface area contributed by atoms with Gasteiger partial charge in [-0.2, -0.15) is 0 Å². The highest BCUT2D eigenvalue weighted by Crippen LogP contribution is 2.25. The number of nitrogens with one attached hydrogen (secondary N) is 2. The third kappa shape index (κ3) is 4.65. The number of ether oxygens (including phenoxy) is 1. The van der Waals surface area contributed by atoms with Gasteiger partial charge in [-0.25, -0.2) is 8.42 Å². The second kappa shape index (κ2) is 9.23. The summed E-state index contributed by atoms with van der Waals surface area (Å²) in [5.41, 5.74) is 2.07. The molecule has 0 unspecified atom stereocenters. The molecule has 0 radical (unpaired) electrons. The Morgan fingerprint density at radius 2 is 1.88 bits per heavy atom. The van der Waals surface area contributed by atoms with Gasteiger partial charge in [-0.05, 0) is 54.4 Å². The van der Waals surface area contributed by atoms with Crippen LogP contribution in [-0.2, 0) is 16.4 Å². The van der Waals surface area contributed by atoms with Gasteiger partial charge in [0.05, 0.1) is 16.4 Å². The molecule has 0 spiro atoms. The van der Waals surface area contributed by atoms with Gasteiger partial charge in [-0.15, -0.1) is 0 Å². The quantitative estimate of drug-likeness (QED) is 0.421. The van der Waals surface area contributed by atoms with E-state index < -0.39 is 9.84 Å². The second-order valence-electron chi connectivity index (χ2n) is 7.30. The molecule has 32 heavy (non-hydrogen) atoms. The van der Waals surface area contributed by atoms with Crippen molar-refractivity contribution in [2.75, 3.05) is 6.61 Å². The summed E-state index contributed by atoms with van der Waals surface area (Å²) in [5.74, 6) is 0.279. The van der Waals surface area contributed by atoms with E-state index in [9.17, 15) is 13.2 Å². The van der Waals surface area contributed by atoms with E-state index in [1.165, 1.54) is 6.07 Å². The first-order valence-electron chi connectivity index (χ1n) is 10.2. The fraction of sp³-hybridized carbons (Fsp3) is 0.167. The van der Waals surface area contributed by atoms with E-state index in [0.29, 0.717) is 18.1 Å². The van der Waals surface area contributed by atoms with E-state index >= 15 is 0 Å². The summed E-state index contributed by atoms with van der Waals surface area (Å²) in [6.45, 7) is 2.79. The van der Waals surface area contributed by atoms with E-state index in [4.69, 9.17) is 4.74 Å². The van der Waals surface area contributed by atoms with E-state index in [0.717, 1.165) is 22.9 Å². The number of rotatable bonds is 8. The number of hydrogen-bond acceptors (Lipinski definition) is 5. The van der Waals surface area contributed by atoms with Crippen LogP contribution >= 0.6 is 0 Å². The van der Waals surface area contributed by atoms with Gasteiger partial charge in [0.1, 0.15) is 11.4 Å². The molecule has 4 aromatic rings. The zero-order valence-corrected chi connectivity index (χ0v) is 18.4. The Labute approximate surface area is 186 Å². The minimum atomic E-state index is -3.67. The van der Waals surface area contributed by atoms with Gasteiger partial charge < -0.3 is 15.0 Å². The number of amides is 1. The van der Waals surface area contributed by atoms with Gasteiger partial charge in [0.25, 0.3) is 5.91 Å². The van der Waals surface area contributed by atoms with Gasteiger partial charge in [-0.1, -0.05) is 25.1 Å². The van der Waals surface area contributed by atoms with Crippen molar-refractivity contribution in [2.24, 2.45) is 0 Å². The van der Waals surface area contributed by atoms with Gasteiger partial charge in [0.15, 0.2) is 0 Å². The molecule has 2 aromatic heterocycles. The van der Waals surface area contributed by atoms with Crippen molar-refractivity contribution in [1.82, 2.24) is 15.3 Å². The van der Waals surface area contributed by atoms with Gasteiger partial charge in [-0.3, -0.25) is 9.78 Å². The first-order valence-corrected chi connectivity index (χ1v) is 11.7. The summed E-state index contributed by atoms with van der Waals surface area (Å²) < 4.78 is 31.5. The number of carbonyl (C=O) groups excluding carboxylic acids is 1. The van der Waals surface area contributed by atoms with Crippen LogP contribution in [0, 0.1) is 0 Å². The van der Waals surface area contributed by atoms with Crippen molar-refractivity contribution >= 4 is 26.6 Å². The van der Waals surface area contributed by atoms with Crippen molar-refractivity contribution in [3.05, 3.63) is 84.3 Å². The van der Waals surface area contributed by atoms with E-state index in [1.54, 1.807) is 67.0 Å². The molecule has 2 heterocycles. The molecule has 4 rings (SSSR count). The Bertz CT molecular complexity index is 1310. The number of aromatic nitrogens is 2.